The summed E-state index contributed by atoms with van der Waals surface area (Å²) >= 11 is 12.2. The average molecular weight is 367 g/mol. The predicted octanol–water partition coefficient (Wildman–Crippen LogP) is 5.41. The molecule has 1 rings (SSSR count). The van der Waals surface area contributed by atoms with Crippen molar-refractivity contribution in [1.82, 2.24) is 0 Å². The second kappa shape index (κ2) is 9.76. The molecule has 3 nitrogen and oxygen atoms in total. The van der Waals surface area contributed by atoms with Crippen LogP contribution < -0.4 is 0 Å². The zero-order chi connectivity index (χ0) is 16.6. The lowest BCUT2D eigenvalue weighted by Gasteiger charge is -2.18. The van der Waals surface area contributed by atoms with Crippen LogP contribution in [-0.4, -0.2) is 21.3 Å². The van der Waals surface area contributed by atoms with E-state index in [1.807, 2.05) is 6.07 Å². The van der Waals surface area contributed by atoms with Crippen LogP contribution in [-0.2, 0) is 14.3 Å². The molecule has 0 aliphatic rings. The molecule has 0 saturated carbocycles. The minimum atomic E-state index is -3.46. The molecule has 0 aliphatic carbocycles. The number of halogens is 2. The number of hydrogen-bond acceptors (Lipinski definition) is 3. The van der Waals surface area contributed by atoms with Gasteiger partial charge in [0.15, 0.2) is 0 Å². The lowest BCUT2D eigenvalue weighted by molar-refractivity contribution is 0.285. The molecule has 0 N–H and O–H groups in total. The maximum atomic E-state index is 11.2. The first-order valence-electron chi connectivity index (χ1n) is 7.63. The van der Waals surface area contributed by atoms with Crippen molar-refractivity contribution in [2.75, 3.05) is 12.9 Å². The molecule has 0 saturated heterocycles. The average Bonchev–Trinajstić information content (AvgIpc) is 2.42. The quantitative estimate of drug-likeness (QED) is 0.410. The van der Waals surface area contributed by atoms with Gasteiger partial charge in [-0.05, 0) is 24.1 Å². The highest BCUT2D eigenvalue weighted by atomic mass is 35.5. The fourth-order valence-corrected chi connectivity index (χ4v) is 3.34. The molecular formula is C16H24Cl2O3S. The maximum absolute atomic E-state index is 11.2. The number of benzene rings is 1. The van der Waals surface area contributed by atoms with Gasteiger partial charge < -0.3 is 0 Å². The number of hydrogen-bond donors (Lipinski definition) is 0. The van der Waals surface area contributed by atoms with Gasteiger partial charge in [0.2, 0.25) is 0 Å². The Morgan fingerprint density at radius 2 is 1.82 bits per heavy atom. The second-order valence-corrected chi connectivity index (χ2v) is 8.04. The molecule has 1 atom stereocenters. The molecule has 0 fully saturated rings. The van der Waals surface area contributed by atoms with Crippen LogP contribution in [0.3, 0.4) is 0 Å². The van der Waals surface area contributed by atoms with E-state index in [1.165, 1.54) is 19.3 Å². The van der Waals surface area contributed by atoms with Crippen LogP contribution in [0.4, 0.5) is 0 Å². The first-order valence-corrected chi connectivity index (χ1v) is 10.2. The smallest absolute Gasteiger partial charge is 0.264 e. The van der Waals surface area contributed by atoms with Crippen molar-refractivity contribution < 1.29 is 12.6 Å². The Bertz CT molecular complexity index is 559. The van der Waals surface area contributed by atoms with E-state index in [2.05, 4.69) is 6.92 Å². The van der Waals surface area contributed by atoms with Crippen LogP contribution in [0.1, 0.15) is 56.9 Å². The maximum Gasteiger partial charge on any atom is 0.264 e. The summed E-state index contributed by atoms with van der Waals surface area (Å²) in [5, 5.41) is 1.13. The first kappa shape index (κ1) is 19.8. The van der Waals surface area contributed by atoms with Gasteiger partial charge in [0.1, 0.15) is 0 Å². The Morgan fingerprint density at radius 1 is 1.14 bits per heavy atom. The number of unbranched alkanes of at least 4 members (excludes halogenated alkanes) is 4. The Morgan fingerprint density at radius 3 is 2.41 bits per heavy atom. The van der Waals surface area contributed by atoms with E-state index >= 15 is 0 Å². The molecule has 1 aromatic rings. The highest BCUT2D eigenvalue weighted by Crippen LogP contribution is 2.31. The van der Waals surface area contributed by atoms with Crippen LogP contribution in [0.25, 0.3) is 0 Å². The molecule has 22 heavy (non-hydrogen) atoms. The van der Waals surface area contributed by atoms with E-state index < -0.39 is 10.1 Å². The largest absolute Gasteiger partial charge is 0.270 e. The van der Waals surface area contributed by atoms with E-state index in [-0.39, 0.29) is 12.5 Å². The van der Waals surface area contributed by atoms with Gasteiger partial charge in [0, 0.05) is 16.0 Å². The Balaban J connectivity index is 2.72. The van der Waals surface area contributed by atoms with Crippen LogP contribution in [0.2, 0.25) is 10.0 Å². The van der Waals surface area contributed by atoms with Gasteiger partial charge in [-0.25, -0.2) is 0 Å². The highest BCUT2D eigenvalue weighted by Gasteiger charge is 2.17. The molecule has 0 radical (unpaired) electrons. The summed E-state index contributed by atoms with van der Waals surface area (Å²) in [7, 11) is -3.46. The third-order valence-corrected chi connectivity index (χ3v) is 4.67. The van der Waals surface area contributed by atoms with Crippen LogP contribution in [0, 0.1) is 0 Å². The second-order valence-electron chi connectivity index (χ2n) is 5.55. The molecule has 0 bridgehead atoms. The topological polar surface area (TPSA) is 43.4 Å². The molecular weight excluding hydrogens is 343 g/mol. The van der Waals surface area contributed by atoms with Crippen LogP contribution >= 0.6 is 23.2 Å². The molecule has 1 unspecified atom stereocenters. The summed E-state index contributed by atoms with van der Waals surface area (Å²) in [4.78, 5) is 0. The zero-order valence-electron chi connectivity index (χ0n) is 13.1. The van der Waals surface area contributed by atoms with Gasteiger partial charge in [-0.3, -0.25) is 4.18 Å². The van der Waals surface area contributed by atoms with Gasteiger partial charge in [0.25, 0.3) is 10.1 Å². The third kappa shape index (κ3) is 7.82. The zero-order valence-corrected chi connectivity index (χ0v) is 15.5. The van der Waals surface area contributed by atoms with Gasteiger partial charge in [-0.1, -0.05) is 68.3 Å². The van der Waals surface area contributed by atoms with Crippen molar-refractivity contribution in [3.05, 3.63) is 33.8 Å². The van der Waals surface area contributed by atoms with Gasteiger partial charge in [0.05, 0.1) is 12.9 Å². The van der Waals surface area contributed by atoms with Gasteiger partial charge in [-0.15, -0.1) is 0 Å². The SMILES string of the molecule is CCCCCCCC(COS(C)(=O)=O)c1ccc(Cl)cc1Cl. The van der Waals surface area contributed by atoms with Gasteiger partial charge in [-0.2, -0.15) is 8.42 Å². The van der Waals surface area contributed by atoms with E-state index in [0.29, 0.717) is 10.0 Å². The van der Waals surface area contributed by atoms with Crippen molar-refractivity contribution in [2.45, 2.75) is 51.4 Å². The fourth-order valence-electron chi connectivity index (χ4n) is 2.36. The predicted molar refractivity (Wildman–Crippen MR) is 93.4 cm³/mol. The summed E-state index contributed by atoms with van der Waals surface area (Å²) in [6, 6.07) is 5.31. The standard InChI is InChI=1S/C16H24Cl2O3S/c1-3-4-5-6-7-8-13(12-21-22(2,19)20)15-10-9-14(17)11-16(15)18/h9-11,13H,3-8,12H2,1-2H3. The van der Waals surface area contributed by atoms with Crippen molar-refractivity contribution in [3.8, 4) is 0 Å². The minimum Gasteiger partial charge on any atom is -0.270 e. The lowest BCUT2D eigenvalue weighted by Crippen LogP contribution is -2.13. The van der Waals surface area contributed by atoms with Crippen LogP contribution in [0.5, 0.6) is 0 Å². The first-order chi connectivity index (χ1) is 10.3. The summed E-state index contributed by atoms with van der Waals surface area (Å²) in [6.07, 6.45) is 7.70. The molecule has 0 amide bonds. The van der Waals surface area contributed by atoms with Crippen molar-refractivity contribution in [2.24, 2.45) is 0 Å². The normalized spacial score (nSPS) is 13.3. The molecule has 126 valence electrons. The van der Waals surface area contributed by atoms with Crippen LogP contribution in [0.15, 0.2) is 18.2 Å². The Hall–Kier alpha value is -0.290. The minimum absolute atomic E-state index is 0.0406. The molecule has 0 spiro atoms. The molecule has 1 aromatic carbocycles. The molecule has 0 aromatic heterocycles. The van der Waals surface area contributed by atoms with Gasteiger partial charge >= 0.3 is 0 Å². The van der Waals surface area contributed by atoms with E-state index in [1.54, 1.807) is 12.1 Å². The molecule has 0 heterocycles. The summed E-state index contributed by atoms with van der Waals surface area (Å²) in [5.41, 5.74) is 0.894. The van der Waals surface area contributed by atoms with Crippen molar-refractivity contribution >= 4 is 33.3 Å². The van der Waals surface area contributed by atoms with Crippen molar-refractivity contribution in [3.63, 3.8) is 0 Å². The highest BCUT2D eigenvalue weighted by molar-refractivity contribution is 7.85. The molecule has 6 heteroatoms. The summed E-state index contributed by atoms with van der Waals surface area (Å²) in [5.74, 6) is -0.0406. The summed E-state index contributed by atoms with van der Waals surface area (Å²) < 4.78 is 27.5. The Labute approximate surface area is 144 Å². The Kier molecular flexibility index (Phi) is 8.77. The third-order valence-electron chi connectivity index (χ3n) is 3.54. The number of rotatable bonds is 10. The summed E-state index contributed by atoms with van der Waals surface area (Å²) in [6.45, 7) is 2.30. The lowest BCUT2D eigenvalue weighted by atomic mass is 9.93. The van der Waals surface area contributed by atoms with E-state index in [4.69, 9.17) is 27.4 Å². The monoisotopic (exact) mass is 366 g/mol. The van der Waals surface area contributed by atoms with E-state index in [9.17, 15) is 8.42 Å². The van der Waals surface area contributed by atoms with E-state index in [0.717, 1.165) is 31.1 Å². The molecule has 0 aliphatic heterocycles. The van der Waals surface area contributed by atoms with Crippen molar-refractivity contribution in [1.29, 1.82) is 0 Å². The fraction of sp³-hybridized carbons (Fsp3) is 0.625.